The van der Waals surface area contributed by atoms with Gasteiger partial charge in [-0.3, -0.25) is 0 Å². The van der Waals surface area contributed by atoms with Crippen molar-refractivity contribution in [2.45, 2.75) is 6.92 Å². The molecule has 0 unspecified atom stereocenters. The van der Waals surface area contributed by atoms with Gasteiger partial charge in [0.15, 0.2) is 0 Å². The molecule has 0 amide bonds. The van der Waals surface area contributed by atoms with Gasteiger partial charge in [0.2, 0.25) is 5.69 Å². The van der Waals surface area contributed by atoms with Crippen LogP contribution < -0.4 is 4.90 Å². The van der Waals surface area contributed by atoms with E-state index >= 15 is 0 Å². The second kappa shape index (κ2) is 1.59. The summed E-state index contributed by atoms with van der Waals surface area (Å²) < 4.78 is 4.57. The Kier molecular flexibility index (Phi) is 1.05. The van der Waals surface area contributed by atoms with E-state index in [0.29, 0.717) is 15.2 Å². The Morgan fingerprint density at radius 3 is 2.62 bits per heavy atom. The van der Waals surface area contributed by atoms with Crippen LogP contribution in [0.15, 0.2) is 4.63 Å². The Balaban J connectivity index is 3.41. The lowest BCUT2D eigenvalue weighted by Crippen LogP contribution is -2.25. The average Bonchev–Trinajstić information content (AvgIpc) is 1.98. The molecule has 1 N–H and O–H groups in total. The van der Waals surface area contributed by atoms with E-state index in [2.05, 4.69) is 22.0 Å². The average molecular weight is 132 g/mol. The number of hydrogen-bond acceptors (Lipinski definition) is 3. The summed E-state index contributed by atoms with van der Waals surface area (Å²) >= 11 is 4.60. The Bertz CT molecular complexity index is 238. The van der Waals surface area contributed by atoms with E-state index in [1.54, 1.807) is 6.92 Å². The molecule has 0 bridgehead atoms. The summed E-state index contributed by atoms with van der Waals surface area (Å²) in [5, 5.41) is 12.5. The Morgan fingerprint density at radius 1 is 1.88 bits per heavy atom. The van der Waals surface area contributed by atoms with Gasteiger partial charge >= 0.3 is 0 Å². The van der Waals surface area contributed by atoms with Crippen molar-refractivity contribution < 1.29 is 9.53 Å². The van der Waals surface area contributed by atoms with Crippen molar-refractivity contribution in [2.75, 3.05) is 0 Å². The molecule has 1 heterocycles. The number of nitrogens with one attached hydrogen (secondary N) is 1. The van der Waals surface area contributed by atoms with E-state index in [1.165, 1.54) is 0 Å². The molecule has 5 heteroatoms. The van der Waals surface area contributed by atoms with E-state index in [-0.39, 0.29) is 0 Å². The minimum Gasteiger partial charge on any atom is -0.359 e. The lowest BCUT2D eigenvalue weighted by Gasteiger charge is -1.82. The molecule has 1 aromatic heterocycles. The maximum Gasteiger partial charge on any atom is 0.253 e. The second-order valence-electron chi connectivity index (χ2n) is 1.36. The molecule has 44 valence electrons. The van der Waals surface area contributed by atoms with Crippen LogP contribution in [0.1, 0.15) is 5.69 Å². The fourth-order valence-corrected chi connectivity index (χ4v) is 0.420. The summed E-state index contributed by atoms with van der Waals surface area (Å²) in [6.07, 6.45) is 0. The number of hydrogen-bond donors (Lipinski definition) is 1. The monoisotopic (exact) mass is 132 g/mol. The van der Waals surface area contributed by atoms with Gasteiger partial charge in [0, 0.05) is 6.92 Å². The van der Waals surface area contributed by atoms with Gasteiger partial charge in [-0.1, -0.05) is 0 Å². The molecule has 8 heavy (non-hydrogen) atoms. The quantitative estimate of drug-likeness (QED) is 0.407. The maximum atomic E-state index is 10.3. The van der Waals surface area contributed by atoms with Gasteiger partial charge in [0.05, 0.1) is 0 Å². The highest BCUT2D eigenvalue weighted by molar-refractivity contribution is 7.71. The van der Waals surface area contributed by atoms with Gasteiger partial charge < -0.3 is 9.84 Å². The third kappa shape index (κ3) is 0.604. The van der Waals surface area contributed by atoms with E-state index in [1.807, 2.05) is 0 Å². The molecular formula is C3H4N2O2S. The Hall–Kier alpha value is -0.840. The lowest BCUT2D eigenvalue weighted by molar-refractivity contribution is -0.806. The zero-order valence-electron chi connectivity index (χ0n) is 4.17. The molecule has 1 rings (SSSR count). The van der Waals surface area contributed by atoms with Crippen molar-refractivity contribution in [3.05, 3.63) is 15.5 Å². The van der Waals surface area contributed by atoms with Crippen molar-refractivity contribution in [3.63, 3.8) is 0 Å². The molecule has 0 spiro atoms. The van der Waals surface area contributed by atoms with Crippen molar-refractivity contribution in [1.29, 1.82) is 0 Å². The number of rotatable bonds is 0. The van der Waals surface area contributed by atoms with Crippen molar-refractivity contribution >= 4 is 12.2 Å². The molecule has 0 fully saturated rings. The number of aromatic nitrogens is 2. The first-order chi connectivity index (χ1) is 3.72. The third-order valence-corrected chi connectivity index (χ3v) is 1.20. The molecule has 0 aliphatic rings. The summed E-state index contributed by atoms with van der Waals surface area (Å²) in [6.45, 7) is 1.58. The molecular weight excluding hydrogens is 128 g/mol. The fraction of sp³-hybridized carbons (Fsp3) is 0.333. The smallest absolute Gasteiger partial charge is 0.253 e. The predicted molar refractivity (Wildman–Crippen MR) is 27.6 cm³/mol. The van der Waals surface area contributed by atoms with E-state index < -0.39 is 0 Å². The zero-order valence-corrected chi connectivity index (χ0v) is 4.99. The van der Waals surface area contributed by atoms with E-state index in [0.717, 1.165) is 0 Å². The highest BCUT2D eigenvalue weighted by atomic mass is 32.1. The summed E-state index contributed by atoms with van der Waals surface area (Å²) in [5.74, 6) is 0. The van der Waals surface area contributed by atoms with Crippen LogP contribution in [0.2, 0.25) is 0 Å². The van der Waals surface area contributed by atoms with E-state index in [4.69, 9.17) is 0 Å². The number of nitrogens with zero attached hydrogens (tertiary/aromatic N) is 1. The van der Waals surface area contributed by atoms with Crippen LogP contribution in [0.4, 0.5) is 0 Å². The molecule has 4 nitrogen and oxygen atoms in total. The van der Waals surface area contributed by atoms with Crippen LogP contribution in [0.25, 0.3) is 0 Å². The Labute approximate surface area is 50.2 Å². The molecule has 1 aromatic rings. The van der Waals surface area contributed by atoms with Gasteiger partial charge in [-0.15, -0.1) is 0 Å². The van der Waals surface area contributed by atoms with Gasteiger partial charge in [-0.25, -0.2) is 0 Å². The van der Waals surface area contributed by atoms with Gasteiger partial charge in [-0.05, 0) is 17.1 Å². The standard InChI is InChI=1S/C3H4N2O2S/c1-2-3(8)4-7-5(2)6/h1H3,(H,4,8). The molecule has 0 saturated heterocycles. The van der Waals surface area contributed by atoms with Crippen molar-refractivity contribution in [2.24, 2.45) is 0 Å². The topological polar surface area (TPSA) is 55.9 Å². The minimum atomic E-state index is 0.336. The SMILES string of the molecule is Cc1c(=S)[nH]o[n+]1[O-]. The lowest BCUT2D eigenvalue weighted by atomic mass is 10.6. The summed E-state index contributed by atoms with van der Waals surface area (Å²) in [5.41, 5.74) is 0.389. The largest absolute Gasteiger partial charge is 0.359 e. The molecule has 0 aromatic carbocycles. The van der Waals surface area contributed by atoms with Crippen molar-refractivity contribution in [3.8, 4) is 0 Å². The first kappa shape index (κ1) is 5.30. The van der Waals surface area contributed by atoms with Gasteiger partial charge in [0.1, 0.15) is 0 Å². The van der Waals surface area contributed by atoms with Crippen LogP contribution in [0, 0.1) is 16.8 Å². The first-order valence-electron chi connectivity index (χ1n) is 2.00. The first-order valence-corrected chi connectivity index (χ1v) is 2.41. The third-order valence-electron chi connectivity index (χ3n) is 0.824. The normalized spacial score (nSPS) is 9.62. The van der Waals surface area contributed by atoms with Gasteiger partial charge in [0.25, 0.3) is 4.64 Å². The van der Waals surface area contributed by atoms with Crippen LogP contribution in [0.3, 0.4) is 0 Å². The minimum absolute atomic E-state index is 0.336. The van der Waals surface area contributed by atoms with E-state index in [9.17, 15) is 5.21 Å². The van der Waals surface area contributed by atoms with Crippen LogP contribution in [0.5, 0.6) is 0 Å². The van der Waals surface area contributed by atoms with Gasteiger partial charge in [-0.2, -0.15) is 5.16 Å². The zero-order chi connectivity index (χ0) is 6.15. The number of aromatic amines is 1. The van der Waals surface area contributed by atoms with Crippen LogP contribution in [-0.2, 0) is 0 Å². The highest BCUT2D eigenvalue weighted by Gasteiger charge is 1.98. The van der Waals surface area contributed by atoms with Crippen LogP contribution in [-0.4, -0.2) is 5.16 Å². The highest BCUT2D eigenvalue weighted by Crippen LogP contribution is 1.86. The van der Waals surface area contributed by atoms with Crippen LogP contribution >= 0.6 is 12.2 Å². The molecule has 0 saturated carbocycles. The summed E-state index contributed by atoms with van der Waals surface area (Å²) in [4.78, 5) is 0.336. The molecule has 0 radical (unpaired) electrons. The Morgan fingerprint density at radius 2 is 2.50 bits per heavy atom. The molecule has 0 aliphatic carbocycles. The fourth-order valence-electron chi connectivity index (χ4n) is 0.308. The number of H-pyrrole nitrogens is 1. The maximum absolute atomic E-state index is 10.3. The second-order valence-corrected chi connectivity index (χ2v) is 1.77. The summed E-state index contributed by atoms with van der Waals surface area (Å²) in [6, 6.07) is 0. The predicted octanol–water partition coefficient (Wildman–Crippen LogP) is 0.279. The summed E-state index contributed by atoms with van der Waals surface area (Å²) in [7, 11) is 0. The molecule has 0 aliphatic heterocycles. The molecule has 0 atom stereocenters. The van der Waals surface area contributed by atoms with Crippen molar-refractivity contribution in [1.82, 2.24) is 5.16 Å².